The molecular weight excluding hydrogens is 817 g/mol. The van der Waals surface area contributed by atoms with Crippen molar-refractivity contribution in [1.29, 1.82) is 0 Å². The van der Waals surface area contributed by atoms with Crippen LogP contribution >= 0.6 is 0 Å². The van der Waals surface area contributed by atoms with Crippen LogP contribution < -0.4 is 0 Å². The largest absolute Gasteiger partial charge is 0.462 e. The van der Waals surface area contributed by atoms with Gasteiger partial charge < -0.3 is 42.2 Å². The van der Waals surface area contributed by atoms with Crippen LogP contribution in [0, 0.1) is 23.7 Å². The van der Waals surface area contributed by atoms with Crippen molar-refractivity contribution < 1.29 is 61.3 Å². The number of oxazole rings is 3. The normalized spacial score (nSPS) is 23.6. The molecule has 0 fully saturated rings. The number of cyclic esters (lactones) is 1. The number of fused-ring (bicyclic) bond motifs is 8. The number of aliphatic hydroxyl groups excluding tert-OH is 1. The van der Waals surface area contributed by atoms with Crippen molar-refractivity contribution >= 4 is 36.0 Å². The summed E-state index contributed by atoms with van der Waals surface area (Å²) >= 11 is 0. The first kappa shape index (κ1) is 50.4. The van der Waals surface area contributed by atoms with Crippen LogP contribution in [-0.4, -0.2) is 107 Å². The Bertz CT molecular complexity index is 2000. The zero-order valence-electron chi connectivity index (χ0n) is 37.9. The maximum atomic E-state index is 13.6. The van der Waals surface area contributed by atoms with E-state index in [2.05, 4.69) is 15.0 Å². The number of carbonyl (C=O) groups is 5. The molecule has 1 amide bonds. The van der Waals surface area contributed by atoms with Crippen molar-refractivity contribution in [3.05, 3.63) is 48.7 Å². The van der Waals surface area contributed by atoms with E-state index in [-0.39, 0.29) is 85.5 Å². The Hall–Kier alpha value is -5.26. The Morgan fingerprint density at radius 2 is 1.70 bits per heavy atom. The Balaban J connectivity index is 1.51. The van der Waals surface area contributed by atoms with Gasteiger partial charge in [0.05, 0.1) is 36.3 Å². The van der Waals surface area contributed by atoms with Crippen molar-refractivity contribution in [2.24, 2.45) is 23.7 Å². The van der Waals surface area contributed by atoms with E-state index in [1.807, 2.05) is 33.8 Å². The van der Waals surface area contributed by atoms with Crippen molar-refractivity contribution in [1.82, 2.24) is 19.9 Å². The predicted molar refractivity (Wildman–Crippen MR) is 229 cm³/mol. The number of ketones is 2. The van der Waals surface area contributed by atoms with Crippen LogP contribution in [0.4, 0.5) is 0 Å². The summed E-state index contributed by atoms with van der Waals surface area (Å²) in [6.07, 6.45) is 10.4. The van der Waals surface area contributed by atoms with Crippen LogP contribution in [0.1, 0.15) is 117 Å². The summed E-state index contributed by atoms with van der Waals surface area (Å²) in [5, 5.41) is 10.9. The van der Waals surface area contributed by atoms with E-state index >= 15 is 0 Å². The minimum absolute atomic E-state index is 0.0167. The number of ether oxygens (including phenoxy) is 4. The summed E-state index contributed by atoms with van der Waals surface area (Å²) in [5.41, 5.74) is 1.30. The lowest BCUT2D eigenvalue weighted by atomic mass is 9.84. The molecule has 0 radical (unpaired) electrons. The van der Waals surface area contributed by atoms with Crippen molar-refractivity contribution in [2.75, 3.05) is 21.3 Å². The molecule has 1 aliphatic heterocycles. The molecule has 0 aliphatic carbocycles. The number of Topliss-reactive ketones (excluding diaryl/α,β-unsaturated/α-hetero) is 2. The molecule has 1 N–H and O–H groups in total. The van der Waals surface area contributed by atoms with E-state index in [1.54, 1.807) is 46.5 Å². The SMILES string of the molecule is CO[C@@H]1C/C=C/c2nc(co2)-c2nc(co2)-c2nc(co2)[C@@H](C)CC(=O)CCC[C@H](O)CC(=O)O[C@H](C[C@@H](OC)[C@@H](C)CCC(=O)[C@H](C)[C@H](OC(C)=O)[C@H](C)/C=C/N(C)C=O)[C@H]1C. The maximum Gasteiger partial charge on any atom is 0.308 e. The molecule has 346 valence electrons. The fourth-order valence-corrected chi connectivity index (χ4v) is 7.64. The molecule has 0 saturated heterocycles. The molecule has 1 aliphatic rings. The molecule has 0 aromatic carbocycles. The second-order valence-electron chi connectivity index (χ2n) is 16.7. The fourth-order valence-electron chi connectivity index (χ4n) is 7.64. The first-order valence-electron chi connectivity index (χ1n) is 21.6. The van der Waals surface area contributed by atoms with Crippen molar-refractivity contribution in [3.8, 4) is 23.2 Å². The molecular formula is C46H64N4O13. The van der Waals surface area contributed by atoms with Gasteiger partial charge in [-0.1, -0.05) is 46.8 Å². The summed E-state index contributed by atoms with van der Waals surface area (Å²) in [5.74, 6) is -2.28. The zero-order chi connectivity index (χ0) is 46.2. The van der Waals surface area contributed by atoms with Gasteiger partial charge in [-0.2, -0.15) is 0 Å². The van der Waals surface area contributed by atoms with E-state index in [0.29, 0.717) is 48.6 Å². The van der Waals surface area contributed by atoms with Crippen LogP contribution in [0.25, 0.3) is 29.2 Å². The molecule has 3 aromatic heterocycles. The van der Waals surface area contributed by atoms with E-state index in [4.69, 9.17) is 32.2 Å². The van der Waals surface area contributed by atoms with E-state index in [1.165, 1.54) is 30.6 Å². The summed E-state index contributed by atoms with van der Waals surface area (Å²) in [7, 11) is 4.72. The monoisotopic (exact) mass is 880 g/mol. The molecule has 17 nitrogen and oxygen atoms in total. The summed E-state index contributed by atoms with van der Waals surface area (Å²) in [6, 6.07) is 0. The number of aliphatic hydroxyl groups is 1. The molecule has 17 heteroatoms. The van der Waals surface area contributed by atoms with Gasteiger partial charge >= 0.3 is 11.9 Å². The van der Waals surface area contributed by atoms with E-state index in [0.717, 1.165) is 0 Å². The van der Waals surface area contributed by atoms with Gasteiger partial charge in [-0.05, 0) is 37.7 Å². The summed E-state index contributed by atoms with van der Waals surface area (Å²) in [6.45, 7) is 10.6. The number of rotatable bonds is 15. The Labute approximate surface area is 369 Å². The molecule has 6 bridgehead atoms. The molecule has 0 unspecified atom stereocenters. The number of hydrogen-bond acceptors (Lipinski definition) is 16. The van der Waals surface area contributed by atoms with Crippen LogP contribution in [0.2, 0.25) is 0 Å². The van der Waals surface area contributed by atoms with Crippen LogP contribution in [0.3, 0.4) is 0 Å². The number of amides is 1. The zero-order valence-corrected chi connectivity index (χ0v) is 37.9. The highest BCUT2D eigenvalue weighted by atomic mass is 16.6. The average Bonchev–Trinajstić information content (AvgIpc) is 4.05. The fraction of sp³-hybridized carbons (Fsp3) is 0.609. The van der Waals surface area contributed by atoms with Gasteiger partial charge in [-0.15, -0.1) is 0 Å². The minimum Gasteiger partial charge on any atom is -0.462 e. The second-order valence-corrected chi connectivity index (χ2v) is 16.7. The number of methoxy groups -OCH3 is 2. The van der Waals surface area contributed by atoms with Gasteiger partial charge in [0.15, 0.2) is 11.4 Å². The second kappa shape index (κ2) is 24.5. The van der Waals surface area contributed by atoms with E-state index in [9.17, 15) is 29.1 Å². The number of carbonyl (C=O) groups excluding carboxylic acids is 5. The summed E-state index contributed by atoms with van der Waals surface area (Å²) in [4.78, 5) is 77.9. The van der Waals surface area contributed by atoms with Gasteiger partial charge in [0.2, 0.25) is 24.1 Å². The highest BCUT2D eigenvalue weighted by Gasteiger charge is 2.35. The quantitative estimate of drug-likeness (QED) is 0.118. The number of nitrogens with zero attached hydrogens (tertiary/aromatic N) is 4. The number of hydrogen-bond donors (Lipinski definition) is 1. The Morgan fingerprint density at radius 3 is 2.40 bits per heavy atom. The number of esters is 2. The highest BCUT2D eigenvalue weighted by molar-refractivity contribution is 5.82. The van der Waals surface area contributed by atoms with E-state index < -0.39 is 48.4 Å². The summed E-state index contributed by atoms with van der Waals surface area (Å²) < 4.78 is 40.6. The maximum absolute atomic E-state index is 13.6. The third kappa shape index (κ3) is 15.2. The molecule has 63 heavy (non-hydrogen) atoms. The van der Waals surface area contributed by atoms with Crippen LogP contribution in [-0.2, 0) is 42.9 Å². The first-order valence-corrected chi connectivity index (χ1v) is 21.6. The first-order chi connectivity index (χ1) is 30.0. The lowest BCUT2D eigenvalue weighted by molar-refractivity contribution is -0.160. The van der Waals surface area contributed by atoms with Crippen molar-refractivity contribution in [2.45, 2.75) is 136 Å². The van der Waals surface area contributed by atoms with Crippen LogP contribution in [0.15, 0.2) is 50.4 Å². The Morgan fingerprint density at radius 1 is 1.00 bits per heavy atom. The van der Waals surface area contributed by atoms with Gasteiger partial charge in [-0.25, -0.2) is 15.0 Å². The lowest BCUT2D eigenvalue weighted by Gasteiger charge is -2.34. The van der Waals surface area contributed by atoms with Gasteiger partial charge in [-0.3, -0.25) is 24.0 Å². The molecule has 0 saturated carbocycles. The van der Waals surface area contributed by atoms with Crippen molar-refractivity contribution in [3.63, 3.8) is 0 Å². The average molecular weight is 881 g/mol. The standard InChI is InChI=1S/C46H64N4O13/c1-27(16-17-38(55)30(4)44(62-32(6)52)28(2)18-19-50(7)26-51)40(58-9)22-41-31(5)39(57-8)14-11-15-42-47-36(24-59-42)45-49-37(25-61-45)46-48-35(23-60-46)29(3)20-33(53)12-10-13-34(54)21-43(56)63-41/h11,15,18-19,23-31,34,39-41,44,54H,10,12-14,16-17,20-22H2,1-9H3/b15-11+,19-18+/t27-,28+,29-,30-,31-,34-,39+,40+,41+,44+/m0/s1. The third-order valence-corrected chi connectivity index (χ3v) is 11.7. The topological polar surface area (TPSA) is 224 Å². The molecule has 3 aromatic rings. The van der Waals surface area contributed by atoms with Gasteiger partial charge in [0.25, 0.3) is 0 Å². The smallest absolute Gasteiger partial charge is 0.308 e. The minimum atomic E-state index is -1.03. The lowest BCUT2D eigenvalue weighted by Crippen LogP contribution is -2.39. The van der Waals surface area contributed by atoms with Crippen LogP contribution in [0.5, 0.6) is 0 Å². The third-order valence-electron chi connectivity index (χ3n) is 11.7. The molecule has 4 heterocycles. The predicted octanol–water partition coefficient (Wildman–Crippen LogP) is 7.14. The number of aromatic nitrogens is 3. The molecule has 0 spiro atoms. The van der Waals surface area contributed by atoms with Gasteiger partial charge in [0, 0.05) is 77.8 Å². The molecule has 4 rings (SSSR count). The van der Waals surface area contributed by atoms with Gasteiger partial charge in [0.1, 0.15) is 42.6 Å². The Kier molecular flexibility index (Phi) is 19.6. The highest BCUT2D eigenvalue weighted by Crippen LogP contribution is 2.31. The molecule has 10 atom stereocenters.